The van der Waals surface area contributed by atoms with E-state index in [2.05, 4.69) is 6.92 Å². The van der Waals surface area contributed by atoms with Gasteiger partial charge < -0.3 is 15.0 Å². The van der Waals surface area contributed by atoms with Crippen LogP contribution in [0.3, 0.4) is 0 Å². The molecule has 0 aliphatic carbocycles. The van der Waals surface area contributed by atoms with Crippen LogP contribution in [0.25, 0.3) is 0 Å². The molecule has 28 heavy (non-hydrogen) atoms. The Morgan fingerprint density at radius 1 is 0.643 bits per heavy atom. The second-order valence-corrected chi connectivity index (χ2v) is 8.36. The molecule has 1 N–H and O–H groups in total. The molecular formula is C24H47NaO3. The van der Waals surface area contributed by atoms with E-state index in [0.29, 0.717) is 6.42 Å². The summed E-state index contributed by atoms with van der Waals surface area (Å²) in [5.41, 5.74) is 0. The number of carboxylic acid groups (broad SMARTS) is 1. The van der Waals surface area contributed by atoms with Crippen LogP contribution in [0.5, 0.6) is 0 Å². The molecule has 0 bridgehead atoms. The van der Waals surface area contributed by atoms with Gasteiger partial charge in [0.25, 0.3) is 0 Å². The van der Waals surface area contributed by atoms with Gasteiger partial charge in [-0.3, -0.25) is 0 Å². The Morgan fingerprint density at radius 3 is 1.29 bits per heavy atom. The Balaban J connectivity index is 0. The Bertz CT molecular complexity index is 310. The van der Waals surface area contributed by atoms with E-state index in [1.807, 2.05) is 0 Å². The fraction of sp³-hybridized carbons (Fsp3) is 0.958. The zero-order valence-corrected chi connectivity index (χ0v) is 21.2. The monoisotopic (exact) mass is 406 g/mol. The van der Waals surface area contributed by atoms with Gasteiger partial charge in [-0.05, 0) is 19.3 Å². The first-order valence-corrected chi connectivity index (χ1v) is 12.0. The van der Waals surface area contributed by atoms with Gasteiger partial charge in [-0.15, -0.1) is 0 Å². The van der Waals surface area contributed by atoms with Crippen LogP contribution in [0, 0.1) is 0 Å². The average molecular weight is 407 g/mol. The molecule has 0 amide bonds. The number of rotatable bonds is 22. The third kappa shape index (κ3) is 26.4. The van der Waals surface area contributed by atoms with Crippen molar-refractivity contribution in [3.63, 3.8) is 0 Å². The van der Waals surface area contributed by atoms with Crippen molar-refractivity contribution >= 4 is 5.97 Å². The number of aliphatic carboxylic acids is 1. The zero-order valence-electron chi connectivity index (χ0n) is 19.2. The summed E-state index contributed by atoms with van der Waals surface area (Å²) in [5, 5.41) is 20.0. The second kappa shape index (κ2) is 25.5. The molecule has 0 rings (SSSR count). The minimum Gasteiger partial charge on any atom is -0.550 e. The van der Waals surface area contributed by atoms with Crippen LogP contribution in [0.4, 0.5) is 0 Å². The Morgan fingerprint density at radius 2 is 0.964 bits per heavy atom. The van der Waals surface area contributed by atoms with E-state index >= 15 is 0 Å². The molecular weight excluding hydrogens is 359 g/mol. The fourth-order valence-corrected chi connectivity index (χ4v) is 3.71. The summed E-state index contributed by atoms with van der Waals surface area (Å²) < 4.78 is 0. The molecule has 0 fully saturated rings. The van der Waals surface area contributed by atoms with Crippen molar-refractivity contribution in [3.8, 4) is 0 Å². The van der Waals surface area contributed by atoms with Crippen molar-refractivity contribution in [3.05, 3.63) is 0 Å². The van der Waals surface area contributed by atoms with Gasteiger partial charge in [-0.2, -0.15) is 0 Å². The Hall–Kier alpha value is 0.430. The Labute approximate surface area is 197 Å². The summed E-state index contributed by atoms with van der Waals surface area (Å²) in [6.45, 7) is 2.28. The number of carbonyl (C=O) groups excluding carboxylic acids is 1. The van der Waals surface area contributed by atoms with Crippen LogP contribution in [0.1, 0.15) is 142 Å². The van der Waals surface area contributed by atoms with E-state index in [1.54, 1.807) is 0 Å². The minimum absolute atomic E-state index is 0. The minimum atomic E-state index is -1.06. The van der Waals surface area contributed by atoms with Crippen LogP contribution in [0.2, 0.25) is 0 Å². The quantitative estimate of drug-likeness (QED) is 0.222. The van der Waals surface area contributed by atoms with E-state index in [9.17, 15) is 15.0 Å². The van der Waals surface area contributed by atoms with E-state index < -0.39 is 12.1 Å². The Kier molecular flexibility index (Phi) is 27.9. The maximum absolute atomic E-state index is 10.3. The maximum Gasteiger partial charge on any atom is 1.00 e. The molecule has 0 aliphatic heterocycles. The number of carbonyl (C=O) groups is 1. The molecule has 0 saturated heterocycles. The predicted octanol–water partition coefficient (Wildman–Crippen LogP) is 3.31. The fourth-order valence-electron chi connectivity index (χ4n) is 3.71. The van der Waals surface area contributed by atoms with Crippen molar-refractivity contribution < 1.29 is 44.6 Å². The molecule has 0 aromatic rings. The van der Waals surface area contributed by atoms with E-state index in [1.165, 1.54) is 103 Å². The summed E-state index contributed by atoms with van der Waals surface area (Å²) in [4.78, 5) is 10.3. The molecule has 0 spiro atoms. The third-order valence-corrected chi connectivity index (χ3v) is 5.57. The van der Waals surface area contributed by atoms with Gasteiger partial charge in [0, 0.05) is 5.97 Å². The first kappa shape index (κ1) is 30.6. The smallest absolute Gasteiger partial charge is 0.550 e. The molecule has 0 aliphatic rings. The van der Waals surface area contributed by atoms with Gasteiger partial charge in [-0.1, -0.05) is 122 Å². The van der Waals surface area contributed by atoms with Gasteiger partial charge in [0.2, 0.25) is 0 Å². The van der Waals surface area contributed by atoms with Crippen LogP contribution in [0.15, 0.2) is 0 Å². The molecule has 0 aromatic carbocycles. The first-order valence-electron chi connectivity index (χ1n) is 12.0. The molecule has 1 unspecified atom stereocenters. The van der Waals surface area contributed by atoms with E-state index in [0.717, 1.165) is 19.3 Å². The van der Waals surface area contributed by atoms with Crippen molar-refractivity contribution in [1.82, 2.24) is 0 Å². The van der Waals surface area contributed by atoms with Crippen LogP contribution in [-0.4, -0.2) is 17.2 Å². The number of carboxylic acids is 1. The van der Waals surface area contributed by atoms with E-state index in [4.69, 9.17) is 0 Å². The van der Waals surface area contributed by atoms with E-state index in [-0.39, 0.29) is 36.0 Å². The number of unbranched alkanes of at least 4 members (excludes halogenated alkanes) is 17. The standard InChI is InChI=1S/C24H48O3.Na/c1-2-3-4-5-6-7-8-9-10-11-12-13-14-15-16-17-18-19-20-23(25)21-22-24(26)27;/h23,25H,2-22H2,1H3,(H,26,27);/q;+1/p-1. The second-order valence-electron chi connectivity index (χ2n) is 8.36. The normalized spacial score (nSPS) is 11.9. The predicted molar refractivity (Wildman–Crippen MR) is 114 cm³/mol. The summed E-state index contributed by atoms with van der Waals surface area (Å²) in [6, 6.07) is 0. The maximum atomic E-state index is 10.3. The number of aliphatic hydroxyl groups excluding tert-OH is 1. The van der Waals surface area contributed by atoms with Crippen LogP contribution in [-0.2, 0) is 4.79 Å². The third-order valence-electron chi connectivity index (χ3n) is 5.57. The average Bonchev–Trinajstić information content (AvgIpc) is 2.65. The van der Waals surface area contributed by atoms with Crippen molar-refractivity contribution in [1.29, 1.82) is 0 Å². The largest absolute Gasteiger partial charge is 1.00 e. The van der Waals surface area contributed by atoms with Crippen LogP contribution >= 0.6 is 0 Å². The topological polar surface area (TPSA) is 60.4 Å². The van der Waals surface area contributed by atoms with Crippen LogP contribution < -0.4 is 34.7 Å². The van der Waals surface area contributed by atoms with Gasteiger partial charge in [0.15, 0.2) is 0 Å². The molecule has 0 saturated carbocycles. The molecule has 0 aromatic heterocycles. The van der Waals surface area contributed by atoms with Gasteiger partial charge in [-0.25, -0.2) is 0 Å². The molecule has 162 valence electrons. The van der Waals surface area contributed by atoms with Crippen molar-refractivity contribution in [2.75, 3.05) is 0 Å². The van der Waals surface area contributed by atoms with Gasteiger partial charge in [0.1, 0.15) is 0 Å². The molecule has 4 heteroatoms. The first-order chi connectivity index (χ1) is 13.2. The van der Waals surface area contributed by atoms with Crippen molar-refractivity contribution in [2.24, 2.45) is 0 Å². The SMILES string of the molecule is CCCCCCCCCCCCCCCCCCCCC(O)CCC(=O)[O-].[Na+]. The molecule has 0 heterocycles. The summed E-state index contributed by atoms with van der Waals surface area (Å²) in [7, 11) is 0. The summed E-state index contributed by atoms with van der Waals surface area (Å²) in [5.74, 6) is -1.06. The molecule has 0 radical (unpaired) electrons. The summed E-state index contributed by atoms with van der Waals surface area (Å²) in [6.07, 6.45) is 25.0. The molecule has 3 nitrogen and oxygen atoms in total. The summed E-state index contributed by atoms with van der Waals surface area (Å²) >= 11 is 0. The number of hydrogen-bond donors (Lipinski definition) is 1. The van der Waals surface area contributed by atoms with Crippen molar-refractivity contribution in [2.45, 2.75) is 148 Å². The van der Waals surface area contributed by atoms with Gasteiger partial charge >= 0.3 is 29.6 Å². The van der Waals surface area contributed by atoms with Gasteiger partial charge in [0.05, 0.1) is 6.10 Å². The molecule has 1 atom stereocenters. The zero-order chi connectivity index (χ0) is 20.0. The number of aliphatic hydroxyl groups is 1. The number of hydrogen-bond acceptors (Lipinski definition) is 3.